The van der Waals surface area contributed by atoms with Gasteiger partial charge < -0.3 is 15.7 Å². The quantitative estimate of drug-likeness (QED) is 0.599. The molecule has 1 fully saturated rings. The molecule has 29 heavy (non-hydrogen) atoms. The molecule has 0 saturated heterocycles. The lowest BCUT2D eigenvalue weighted by Crippen LogP contribution is -2.46. The van der Waals surface area contributed by atoms with Crippen molar-refractivity contribution in [3.05, 3.63) is 47.8 Å². The normalized spacial score (nSPS) is 14.4. The third-order valence-electron chi connectivity index (χ3n) is 4.77. The van der Waals surface area contributed by atoms with Crippen LogP contribution >= 0.6 is 0 Å². The summed E-state index contributed by atoms with van der Waals surface area (Å²) in [4.78, 5) is 36.1. The zero-order chi connectivity index (χ0) is 21.0. The first-order chi connectivity index (χ1) is 13.9. The van der Waals surface area contributed by atoms with E-state index in [9.17, 15) is 19.5 Å². The minimum atomic E-state index is -1.08. The first-order valence-electron chi connectivity index (χ1n) is 9.80. The van der Waals surface area contributed by atoms with Crippen molar-refractivity contribution in [2.24, 2.45) is 5.92 Å². The van der Waals surface area contributed by atoms with Gasteiger partial charge in [0.25, 0.3) is 5.91 Å². The van der Waals surface area contributed by atoms with Gasteiger partial charge in [0.15, 0.2) is 0 Å². The van der Waals surface area contributed by atoms with Crippen LogP contribution in [0, 0.1) is 5.92 Å². The summed E-state index contributed by atoms with van der Waals surface area (Å²) in [6, 6.07) is 8.62. The Balaban J connectivity index is 1.66. The van der Waals surface area contributed by atoms with Gasteiger partial charge >= 0.3 is 5.97 Å². The molecule has 0 spiro atoms. The number of carboxylic acid groups (broad SMARTS) is 1. The highest BCUT2D eigenvalue weighted by atomic mass is 16.4. The zero-order valence-electron chi connectivity index (χ0n) is 16.6. The van der Waals surface area contributed by atoms with E-state index in [-0.39, 0.29) is 24.3 Å². The summed E-state index contributed by atoms with van der Waals surface area (Å²) in [7, 11) is 0. The standard InChI is InChI=1S/C21H26N4O4/c1-13(2)10-17(21(28)29)24-18(26)12-22-20(27)16-11-23-25(19(16)14-8-9-14)15-6-4-3-5-7-15/h3-7,11,13-14,17H,8-10,12H2,1-2H3,(H,22,27)(H,24,26)(H,28,29)/t17-/m0/s1. The average molecular weight is 398 g/mol. The van der Waals surface area contributed by atoms with Crippen molar-refractivity contribution in [2.75, 3.05) is 6.54 Å². The fourth-order valence-electron chi connectivity index (χ4n) is 3.25. The molecule has 1 atom stereocenters. The number of para-hydroxylation sites is 1. The molecule has 2 aromatic rings. The van der Waals surface area contributed by atoms with E-state index in [4.69, 9.17) is 0 Å². The Labute approximate surface area is 169 Å². The fraction of sp³-hybridized carbons (Fsp3) is 0.429. The van der Waals surface area contributed by atoms with E-state index in [1.807, 2.05) is 44.2 Å². The van der Waals surface area contributed by atoms with Crippen molar-refractivity contribution in [1.29, 1.82) is 0 Å². The van der Waals surface area contributed by atoms with Crippen molar-refractivity contribution in [3.8, 4) is 5.69 Å². The number of amides is 2. The molecule has 1 aliphatic carbocycles. The number of aromatic nitrogens is 2. The molecule has 8 heteroatoms. The van der Waals surface area contributed by atoms with Gasteiger partial charge in [0.1, 0.15) is 6.04 Å². The highest BCUT2D eigenvalue weighted by molar-refractivity contribution is 5.98. The highest BCUT2D eigenvalue weighted by Gasteiger charge is 2.33. The van der Waals surface area contributed by atoms with Gasteiger partial charge in [-0.15, -0.1) is 0 Å². The van der Waals surface area contributed by atoms with Crippen molar-refractivity contribution >= 4 is 17.8 Å². The van der Waals surface area contributed by atoms with Gasteiger partial charge in [-0.1, -0.05) is 32.0 Å². The van der Waals surface area contributed by atoms with Crippen LogP contribution in [0.2, 0.25) is 0 Å². The predicted octanol–water partition coefficient (Wildman–Crippen LogP) is 2.09. The summed E-state index contributed by atoms with van der Waals surface area (Å²) in [5, 5.41) is 18.7. The minimum absolute atomic E-state index is 0.121. The lowest BCUT2D eigenvalue weighted by molar-refractivity contribution is -0.142. The Morgan fingerprint density at radius 3 is 2.48 bits per heavy atom. The number of hydrogen-bond acceptors (Lipinski definition) is 4. The number of carboxylic acids is 1. The lowest BCUT2D eigenvalue weighted by atomic mass is 10.0. The van der Waals surface area contributed by atoms with Crippen molar-refractivity contribution in [3.63, 3.8) is 0 Å². The summed E-state index contributed by atoms with van der Waals surface area (Å²) in [6.45, 7) is 3.47. The summed E-state index contributed by atoms with van der Waals surface area (Å²) in [5.41, 5.74) is 2.17. The number of aliphatic carboxylic acids is 1. The Morgan fingerprint density at radius 2 is 1.90 bits per heavy atom. The van der Waals surface area contributed by atoms with Crippen LogP contribution in [0.15, 0.2) is 36.5 Å². The minimum Gasteiger partial charge on any atom is -0.480 e. The number of benzene rings is 1. The van der Waals surface area contributed by atoms with Crippen LogP contribution in [-0.2, 0) is 9.59 Å². The smallest absolute Gasteiger partial charge is 0.326 e. The van der Waals surface area contributed by atoms with E-state index in [2.05, 4.69) is 15.7 Å². The first kappa shape index (κ1) is 20.6. The van der Waals surface area contributed by atoms with Crippen molar-refractivity contribution in [1.82, 2.24) is 20.4 Å². The molecule has 2 amide bonds. The van der Waals surface area contributed by atoms with E-state index < -0.39 is 17.9 Å². The first-order valence-corrected chi connectivity index (χ1v) is 9.80. The largest absolute Gasteiger partial charge is 0.480 e. The van der Waals surface area contributed by atoms with E-state index in [1.54, 1.807) is 4.68 Å². The van der Waals surface area contributed by atoms with Crippen LogP contribution in [0.5, 0.6) is 0 Å². The van der Waals surface area contributed by atoms with Crippen LogP contribution in [0.3, 0.4) is 0 Å². The predicted molar refractivity (Wildman–Crippen MR) is 107 cm³/mol. The number of carbonyl (C=O) groups is 3. The molecule has 0 aliphatic heterocycles. The molecule has 3 rings (SSSR count). The van der Waals surface area contributed by atoms with E-state index in [0.717, 1.165) is 24.2 Å². The van der Waals surface area contributed by atoms with Crippen LogP contribution in [0.1, 0.15) is 55.1 Å². The van der Waals surface area contributed by atoms with Crippen molar-refractivity contribution < 1.29 is 19.5 Å². The molecular weight excluding hydrogens is 372 g/mol. The monoisotopic (exact) mass is 398 g/mol. The Hall–Kier alpha value is -3.16. The Bertz CT molecular complexity index is 887. The molecular formula is C21H26N4O4. The Kier molecular flexibility index (Phi) is 6.31. The molecule has 0 radical (unpaired) electrons. The molecule has 1 aromatic carbocycles. The van der Waals surface area contributed by atoms with Gasteiger partial charge in [-0.05, 0) is 37.3 Å². The third-order valence-corrected chi connectivity index (χ3v) is 4.77. The van der Waals surface area contributed by atoms with E-state index >= 15 is 0 Å². The molecule has 0 bridgehead atoms. The van der Waals surface area contributed by atoms with Gasteiger partial charge in [0.2, 0.25) is 5.91 Å². The second-order valence-corrected chi connectivity index (χ2v) is 7.74. The fourth-order valence-corrected chi connectivity index (χ4v) is 3.25. The van der Waals surface area contributed by atoms with Crippen LogP contribution in [-0.4, -0.2) is 45.3 Å². The molecule has 154 valence electrons. The average Bonchev–Trinajstić information content (AvgIpc) is 3.43. The summed E-state index contributed by atoms with van der Waals surface area (Å²) in [5.74, 6) is -1.61. The lowest BCUT2D eigenvalue weighted by Gasteiger charge is -2.16. The van der Waals surface area contributed by atoms with Crippen LogP contribution in [0.25, 0.3) is 5.69 Å². The summed E-state index contributed by atoms with van der Waals surface area (Å²) >= 11 is 0. The maximum absolute atomic E-state index is 12.7. The molecule has 1 saturated carbocycles. The van der Waals surface area contributed by atoms with E-state index in [1.165, 1.54) is 6.20 Å². The van der Waals surface area contributed by atoms with Gasteiger partial charge in [0, 0.05) is 5.92 Å². The molecule has 0 unspecified atom stereocenters. The topological polar surface area (TPSA) is 113 Å². The van der Waals surface area contributed by atoms with Gasteiger partial charge in [-0.25, -0.2) is 9.48 Å². The molecule has 1 heterocycles. The Morgan fingerprint density at radius 1 is 1.21 bits per heavy atom. The van der Waals surface area contributed by atoms with Gasteiger partial charge in [0.05, 0.1) is 29.7 Å². The third kappa shape index (κ3) is 5.22. The van der Waals surface area contributed by atoms with Gasteiger partial charge in [-0.3, -0.25) is 9.59 Å². The molecule has 1 aromatic heterocycles. The molecule has 1 aliphatic rings. The summed E-state index contributed by atoms with van der Waals surface area (Å²) in [6.07, 6.45) is 3.83. The number of nitrogens with one attached hydrogen (secondary N) is 2. The number of rotatable bonds is 9. The second-order valence-electron chi connectivity index (χ2n) is 7.74. The SMILES string of the molecule is CC(C)C[C@H](NC(=O)CNC(=O)c1cnn(-c2ccccc2)c1C1CC1)C(=O)O. The van der Waals surface area contributed by atoms with Gasteiger partial charge in [-0.2, -0.15) is 5.10 Å². The zero-order valence-corrected chi connectivity index (χ0v) is 16.6. The second kappa shape index (κ2) is 8.89. The van der Waals surface area contributed by atoms with Crippen LogP contribution in [0.4, 0.5) is 0 Å². The number of hydrogen-bond donors (Lipinski definition) is 3. The highest BCUT2D eigenvalue weighted by Crippen LogP contribution is 2.42. The summed E-state index contributed by atoms with van der Waals surface area (Å²) < 4.78 is 1.77. The van der Waals surface area contributed by atoms with Crippen LogP contribution < -0.4 is 10.6 Å². The molecule has 8 nitrogen and oxygen atoms in total. The maximum Gasteiger partial charge on any atom is 0.326 e. The maximum atomic E-state index is 12.7. The molecule has 3 N–H and O–H groups in total. The number of carbonyl (C=O) groups excluding carboxylic acids is 2. The van der Waals surface area contributed by atoms with E-state index in [0.29, 0.717) is 12.0 Å². The van der Waals surface area contributed by atoms with Crippen molar-refractivity contribution in [2.45, 2.75) is 45.1 Å². The number of nitrogens with zero attached hydrogens (tertiary/aromatic N) is 2.